The number of carbonyl (C=O) groups is 1. The molecular formula is C11H13IN2O. The van der Waals surface area contributed by atoms with E-state index in [9.17, 15) is 4.79 Å². The molecule has 2 rings (SSSR count). The van der Waals surface area contributed by atoms with Crippen LogP contribution in [-0.4, -0.2) is 12.5 Å². The summed E-state index contributed by atoms with van der Waals surface area (Å²) in [5.74, 6) is 0.0523. The van der Waals surface area contributed by atoms with Gasteiger partial charge in [0.25, 0.3) is 5.91 Å². The molecule has 2 N–H and O–H groups in total. The molecule has 0 radical (unpaired) electrons. The molecule has 0 aliphatic carbocycles. The van der Waals surface area contributed by atoms with Gasteiger partial charge < -0.3 is 10.6 Å². The average molecular weight is 316 g/mol. The van der Waals surface area contributed by atoms with Crippen LogP contribution in [0.4, 0.5) is 5.69 Å². The quantitative estimate of drug-likeness (QED) is 0.841. The van der Waals surface area contributed by atoms with Gasteiger partial charge in [-0.05, 0) is 46.7 Å². The molecule has 15 heavy (non-hydrogen) atoms. The number of fused-ring (bicyclic) bond motifs is 1. The maximum absolute atomic E-state index is 11.5. The fourth-order valence-electron chi connectivity index (χ4n) is 1.69. The SMILES string of the molecule is CCCNc1cc(I)c2c(c1)CNC2=O. The second kappa shape index (κ2) is 4.38. The fraction of sp³-hybridized carbons (Fsp3) is 0.364. The molecule has 0 fully saturated rings. The lowest BCUT2D eigenvalue weighted by molar-refractivity contribution is 0.0965. The highest BCUT2D eigenvalue weighted by molar-refractivity contribution is 14.1. The Morgan fingerprint density at radius 2 is 2.33 bits per heavy atom. The van der Waals surface area contributed by atoms with Crippen LogP contribution in [0.25, 0.3) is 0 Å². The van der Waals surface area contributed by atoms with Gasteiger partial charge in [-0.1, -0.05) is 6.92 Å². The lowest BCUT2D eigenvalue weighted by Gasteiger charge is -2.07. The molecule has 1 heterocycles. The molecule has 0 bridgehead atoms. The number of hydrogen-bond donors (Lipinski definition) is 2. The van der Waals surface area contributed by atoms with Gasteiger partial charge in [-0.3, -0.25) is 4.79 Å². The molecule has 1 aliphatic rings. The summed E-state index contributed by atoms with van der Waals surface area (Å²) in [5, 5.41) is 6.17. The summed E-state index contributed by atoms with van der Waals surface area (Å²) in [7, 11) is 0. The topological polar surface area (TPSA) is 41.1 Å². The van der Waals surface area contributed by atoms with E-state index in [1.54, 1.807) is 0 Å². The number of carbonyl (C=O) groups excluding carboxylic acids is 1. The highest BCUT2D eigenvalue weighted by atomic mass is 127. The Labute approximate surface area is 103 Å². The van der Waals surface area contributed by atoms with E-state index >= 15 is 0 Å². The van der Waals surface area contributed by atoms with Crippen molar-refractivity contribution >= 4 is 34.2 Å². The van der Waals surface area contributed by atoms with Crippen LogP contribution in [0.3, 0.4) is 0 Å². The van der Waals surface area contributed by atoms with Gasteiger partial charge in [-0.25, -0.2) is 0 Å². The zero-order chi connectivity index (χ0) is 10.8. The van der Waals surface area contributed by atoms with E-state index in [2.05, 4.69) is 46.2 Å². The molecule has 1 amide bonds. The first-order valence-electron chi connectivity index (χ1n) is 5.07. The molecule has 3 nitrogen and oxygen atoms in total. The molecule has 1 aliphatic heterocycles. The summed E-state index contributed by atoms with van der Waals surface area (Å²) in [4.78, 5) is 11.5. The molecule has 0 atom stereocenters. The van der Waals surface area contributed by atoms with Gasteiger partial charge in [0.1, 0.15) is 0 Å². The molecule has 0 saturated heterocycles. The number of anilines is 1. The van der Waals surface area contributed by atoms with Gasteiger partial charge in [-0.2, -0.15) is 0 Å². The summed E-state index contributed by atoms with van der Waals surface area (Å²) in [6.07, 6.45) is 1.10. The van der Waals surface area contributed by atoms with Gasteiger partial charge in [0, 0.05) is 22.3 Å². The Kier molecular flexibility index (Phi) is 3.14. The first-order valence-corrected chi connectivity index (χ1v) is 6.14. The first-order chi connectivity index (χ1) is 7.22. The Hall–Kier alpha value is -0.780. The van der Waals surface area contributed by atoms with Crippen LogP contribution in [0.2, 0.25) is 0 Å². The Balaban J connectivity index is 2.31. The Morgan fingerprint density at radius 1 is 1.53 bits per heavy atom. The summed E-state index contributed by atoms with van der Waals surface area (Å²) < 4.78 is 1.03. The van der Waals surface area contributed by atoms with Gasteiger partial charge in [0.05, 0.1) is 5.56 Å². The smallest absolute Gasteiger partial charge is 0.252 e. The zero-order valence-electron chi connectivity index (χ0n) is 8.56. The molecule has 4 heteroatoms. The maximum Gasteiger partial charge on any atom is 0.252 e. The normalized spacial score (nSPS) is 13.6. The summed E-state index contributed by atoms with van der Waals surface area (Å²) in [6.45, 7) is 3.76. The predicted molar refractivity (Wildman–Crippen MR) is 69.1 cm³/mol. The third-order valence-corrected chi connectivity index (χ3v) is 3.27. The van der Waals surface area contributed by atoms with Crippen LogP contribution in [0.1, 0.15) is 29.3 Å². The minimum absolute atomic E-state index is 0.0523. The number of benzene rings is 1. The summed E-state index contributed by atoms with van der Waals surface area (Å²) in [6, 6.07) is 4.09. The van der Waals surface area contributed by atoms with Crippen molar-refractivity contribution in [1.29, 1.82) is 0 Å². The van der Waals surface area contributed by atoms with Crippen molar-refractivity contribution in [3.63, 3.8) is 0 Å². The van der Waals surface area contributed by atoms with Crippen LogP contribution >= 0.6 is 22.6 Å². The Morgan fingerprint density at radius 3 is 3.07 bits per heavy atom. The monoisotopic (exact) mass is 316 g/mol. The molecule has 1 aromatic carbocycles. The fourth-order valence-corrected chi connectivity index (χ4v) is 2.62. The lowest BCUT2D eigenvalue weighted by Crippen LogP contribution is -2.13. The van der Waals surface area contributed by atoms with Crippen molar-refractivity contribution < 1.29 is 4.79 Å². The minimum atomic E-state index is 0.0523. The highest BCUT2D eigenvalue weighted by Crippen LogP contribution is 2.26. The lowest BCUT2D eigenvalue weighted by atomic mass is 10.1. The second-order valence-corrected chi connectivity index (χ2v) is 4.76. The molecule has 0 saturated carbocycles. The standard InChI is InChI=1S/C11H13IN2O/c1-2-3-13-8-4-7-6-14-11(15)10(7)9(12)5-8/h4-5,13H,2-3,6H2,1H3,(H,14,15). The van der Waals surface area contributed by atoms with E-state index < -0.39 is 0 Å². The predicted octanol–water partition coefficient (Wildman–Crippen LogP) is 2.36. The summed E-state index contributed by atoms with van der Waals surface area (Å²) >= 11 is 2.22. The van der Waals surface area contributed by atoms with E-state index in [-0.39, 0.29) is 5.91 Å². The van der Waals surface area contributed by atoms with Gasteiger partial charge in [-0.15, -0.1) is 0 Å². The molecule has 0 spiro atoms. The van der Waals surface area contributed by atoms with E-state index in [4.69, 9.17) is 0 Å². The van der Waals surface area contributed by atoms with Crippen molar-refractivity contribution in [2.24, 2.45) is 0 Å². The molecule has 1 aromatic rings. The molecule has 0 aromatic heterocycles. The van der Waals surface area contributed by atoms with Crippen molar-refractivity contribution in [1.82, 2.24) is 5.32 Å². The van der Waals surface area contributed by atoms with E-state index in [1.165, 1.54) is 0 Å². The molecule has 80 valence electrons. The number of rotatable bonds is 3. The number of halogens is 1. The van der Waals surface area contributed by atoms with E-state index in [1.807, 2.05) is 6.07 Å². The number of amides is 1. The van der Waals surface area contributed by atoms with Crippen molar-refractivity contribution in [3.8, 4) is 0 Å². The van der Waals surface area contributed by atoms with Crippen molar-refractivity contribution in [2.75, 3.05) is 11.9 Å². The molecular weight excluding hydrogens is 303 g/mol. The molecule has 0 unspecified atom stereocenters. The zero-order valence-corrected chi connectivity index (χ0v) is 10.7. The van der Waals surface area contributed by atoms with Crippen molar-refractivity contribution in [2.45, 2.75) is 19.9 Å². The van der Waals surface area contributed by atoms with Gasteiger partial charge in [0.2, 0.25) is 0 Å². The minimum Gasteiger partial charge on any atom is -0.385 e. The van der Waals surface area contributed by atoms with Crippen LogP contribution in [0.5, 0.6) is 0 Å². The maximum atomic E-state index is 11.5. The number of hydrogen-bond acceptors (Lipinski definition) is 2. The second-order valence-electron chi connectivity index (χ2n) is 3.60. The highest BCUT2D eigenvalue weighted by Gasteiger charge is 2.22. The Bertz CT molecular complexity index is 404. The van der Waals surface area contributed by atoms with E-state index in [0.29, 0.717) is 6.54 Å². The van der Waals surface area contributed by atoms with Crippen LogP contribution < -0.4 is 10.6 Å². The number of nitrogens with one attached hydrogen (secondary N) is 2. The van der Waals surface area contributed by atoms with Crippen LogP contribution in [0.15, 0.2) is 12.1 Å². The third kappa shape index (κ3) is 2.09. The van der Waals surface area contributed by atoms with Crippen molar-refractivity contribution in [3.05, 3.63) is 26.8 Å². The van der Waals surface area contributed by atoms with E-state index in [0.717, 1.165) is 33.4 Å². The van der Waals surface area contributed by atoms with Gasteiger partial charge >= 0.3 is 0 Å². The third-order valence-electron chi connectivity index (χ3n) is 2.42. The summed E-state index contributed by atoms with van der Waals surface area (Å²) in [5.41, 5.74) is 3.06. The van der Waals surface area contributed by atoms with Crippen LogP contribution in [-0.2, 0) is 6.54 Å². The average Bonchev–Trinajstić information content (AvgIpc) is 2.58. The van der Waals surface area contributed by atoms with Gasteiger partial charge in [0.15, 0.2) is 0 Å². The first kappa shape index (κ1) is 10.7. The van der Waals surface area contributed by atoms with Crippen LogP contribution in [0, 0.1) is 3.57 Å². The largest absolute Gasteiger partial charge is 0.385 e.